The maximum absolute atomic E-state index is 13.1. The van der Waals surface area contributed by atoms with Crippen LogP contribution in [0.1, 0.15) is 19.4 Å². The number of rotatable bonds is 5. The maximum Gasteiger partial charge on any atom is 0.417 e. The molecule has 9 heteroatoms. The van der Waals surface area contributed by atoms with Gasteiger partial charge in [-0.1, -0.05) is 17.7 Å². The summed E-state index contributed by atoms with van der Waals surface area (Å²) in [6.07, 6.45) is -2.92. The number of nitrogens with zero attached hydrogens (tertiary/aromatic N) is 3. The lowest BCUT2D eigenvalue weighted by atomic mass is 10.2. The van der Waals surface area contributed by atoms with Gasteiger partial charge >= 0.3 is 6.18 Å². The summed E-state index contributed by atoms with van der Waals surface area (Å²) in [7, 11) is 0. The lowest BCUT2D eigenvalue weighted by Gasteiger charge is -2.14. The minimum Gasteiger partial charge on any atom is -0.352 e. The molecule has 0 aliphatic carbocycles. The molecule has 0 aliphatic rings. The first-order chi connectivity index (χ1) is 13.2. The molecule has 0 atom stereocenters. The lowest BCUT2D eigenvalue weighted by molar-refractivity contribution is -0.137. The molecule has 2 aromatic heterocycles. The minimum absolute atomic E-state index is 0.0687. The molecule has 5 nitrogen and oxygen atoms in total. The van der Waals surface area contributed by atoms with E-state index >= 15 is 0 Å². The number of pyridine rings is 1. The van der Waals surface area contributed by atoms with Gasteiger partial charge in [0.1, 0.15) is 5.82 Å². The van der Waals surface area contributed by atoms with Crippen LogP contribution in [0.25, 0.3) is 11.4 Å². The van der Waals surface area contributed by atoms with Crippen LogP contribution in [-0.4, -0.2) is 21.0 Å². The van der Waals surface area contributed by atoms with Crippen molar-refractivity contribution >= 4 is 29.1 Å². The topological polar surface area (TPSA) is 62.7 Å². The van der Waals surface area contributed by atoms with Gasteiger partial charge in [0.15, 0.2) is 0 Å². The van der Waals surface area contributed by atoms with E-state index in [0.717, 1.165) is 6.07 Å². The van der Waals surface area contributed by atoms with Gasteiger partial charge in [-0.05, 0) is 44.2 Å². The zero-order valence-electron chi connectivity index (χ0n) is 15.0. The van der Waals surface area contributed by atoms with Crippen LogP contribution >= 0.6 is 11.6 Å². The Hall–Kier alpha value is -2.87. The summed E-state index contributed by atoms with van der Waals surface area (Å²) in [6, 6.07) is 10.7. The van der Waals surface area contributed by atoms with Gasteiger partial charge in [0.2, 0.25) is 5.95 Å². The van der Waals surface area contributed by atoms with Crippen LogP contribution in [0, 0.1) is 0 Å². The fourth-order valence-corrected chi connectivity index (χ4v) is 2.67. The summed E-state index contributed by atoms with van der Waals surface area (Å²) in [4.78, 5) is 13.0. The third kappa shape index (κ3) is 4.89. The molecule has 2 heterocycles. The van der Waals surface area contributed by atoms with E-state index in [9.17, 15) is 13.2 Å². The van der Waals surface area contributed by atoms with Crippen LogP contribution < -0.4 is 10.6 Å². The van der Waals surface area contributed by atoms with Gasteiger partial charge in [-0.3, -0.25) is 4.98 Å². The quantitative estimate of drug-likeness (QED) is 0.561. The van der Waals surface area contributed by atoms with Crippen molar-refractivity contribution in [3.05, 3.63) is 59.2 Å². The fourth-order valence-electron chi connectivity index (χ4n) is 2.45. The molecule has 1 aromatic carbocycles. The van der Waals surface area contributed by atoms with Crippen molar-refractivity contribution in [2.24, 2.45) is 0 Å². The Morgan fingerprint density at radius 2 is 1.79 bits per heavy atom. The molecule has 0 aliphatic heterocycles. The van der Waals surface area contributed by atoms with Gasteiger partial charge in [-0.2, -0.15) is 18.2 Å². The third-order valence-corrected chi connectivity index (χ3v) is 3.95. The highest BCUT2D eigenvalue weighted by Gasteiger charge is 2.33. The zero-order valence-corrected chi connectivity index (χ0v) is 15.8. The summed E-state index contributed by atoms with van der Waals surface area (Å²) in [5.74, 6) is 0.667. The van der Waals surface area contributed by atoms with Crippen molar-refractivity contribution < 1.29 is 13.2 Å². The fraction of sp³-hybridized carbons (Fsp3) is 0.211. The molecule has 3 aromatic rings. The van der Waals surface area contributed by atoms with Gasteiger partial charge in [0.05, 0.1) is 22.0 Å². The first-order valence-electron chi connectivity index (χ1n) is 8.43. The van der Waals surface area contributed by atoms with Crippen LogP contribution in [0.15, 0.2) is 48.7 Å². The Balaban J connectivity index is 1.99. The number of aromatic nitrogens is 3. The van der Waals surface area contributed by atoms with E-state index in [4.69, 9.17) is 11.6 Å². The minimum atomic E-state index is -4.55. The monoisotopic (exact) mass is 407 g/mol. The highest BCUT2D eigenvalue weighted by molar-refractivity contribution is 6.31. The van der Waals surface area contributed by atoms with Gasteiger partial charge < -0.3 is 10.6 Å². The van der Waals surface area contributed by atoms with Crippen molar-refractivity contribution in [2.75, 3.05) is 10.6 Å². The van der Waals surface area contributed by atoms with Crippen LogP contribution in [0.3, 0.4) is 0 Å². The smallest absolute Gasteiger partial charge is 0.352 e. The number of hydrogen-bond acceptors (Lipinski definition) is 5. The van der Waals surface area contributed by atoms with Gasteiger partial charge in [0, 0.05) is 24.0 Å². The molecule has 28 heavy (non-hydrogen) atoms. The second kappa shape index (κ2) is 8.02. The summed E-state index contributed by atoms with van der Waals surface area (Å²) >= 11 is 5.68. The average Bonchev–Trinajstić information content (AvgIpc) is 2.62. The molecule has 0 amide bonds. The first-order valence-corrected chi connectivity index (χ1v) is 8.81. The van der Waals surface area contributed by atoms with Crippen molar-refractivity contribution in [2.45, 2.75) is 26.1 Å². The van der Waals surface area contributed by atoms with E-state index in [0.29, 0.717) is 23.2 Å². The van der Waals surface area contributed by atoms with Crippen LogP contribution in [0.4, 0.5) is 30.6 Å². The van der Waals surface area contributed by atoms with Crippen LogP contribution in [-0.2, 0) is 6.18 Å². The highest BCUT2D eigenvalue weighted by Crippen LogP contribution is 2.36. The molecule has 0 fully saturated rings. The van der Waals surface area contributed by atoms with Crippen molar-refractivity contribution in [1.29, 1.82) is 0 Å². The Bertz CT molecular complexity index is 962. The molecule has 0 spiro atoms. The first kappa shape index (κ1) is 19.9. The van der Waals surface area contributed by atoms with Gasteiger partial charge in [-0.25, -0.2) is 4.98 Å². The molecule has 0 radical (unpaired) electrons. The number of nitrogens with one attached hydrogen (secondary N) is 2. The van der Waals surface area contributed by atoms with Crippen LogP contribution in [0.2, 0.25) is 5.02 Å². The Morgan fingerprint density at radius 3 is 2.43 bits per heavy atom. The van der Waals surface area contributed by atoms with E-state index in [1.165, 1.54) is 12.1 Å². The summed E-state index contributed by atoms with van der Waals surface area (Å²) < 4.78 is 39.3. The third-order valence-electron chi connectivity index (χ3n) is 3.62. The molecular formula is C19H17ClF3N5. The number of hydrogen-bond donors (Lipinski definition) is 2. The Morgan fingerprint density at radius 1 is 1.00 bits per heavy atom. The Kier molecular flexibility index (Phi) is 5.69. The van der Waals surface area contributed by atoms with E-state index in [1.807, 2.05) is 19.9 Å². The maximum atomic E-state index is 13.1. The number of benzene rings is 1. The summed E-state index contributed by atoms with van der Waals surface area (Å²) in [5, 5.41) is 5.62. The standard InChI is InChI=1S/C19H17ClF3N5/c1-11(2)25-18-27-16(15-5-3-4-8-24-15)10-17(28-18)26-12-6-7-14(20)13(9-12)19(21,22)23/h3-11H,1-2H3,(H2,25,26,27,28). The molecule has 0 saturated heterocycles. The number of anilines is 3. The van der Waals surface area contributed by atoms with Crippen LogP contribution in [0.5, 0.6) is 0 Å². The van der Waals surface area contributed by atoms with Crippen molar-refractivity contribution in [3.63, 3.8) is 0 Å². The summed E-state index contributed by atoms with van der Waals surface area (Å²) in [6.45, 7) is 3.86. The molecule has 3 rings (SSSR count). The predicted octanol–water partition coefficient (Wildman–Crippen LogP) is 5.77. The molecule has 0 bridgehead atoms. The van der Waals surface area contributed by atoms with E-state index < -0.39 is 11.7 Å². The Labute approximate surface area is 165 Å². The highest BCUT2D eigenvalue weighted by atomic mass is 35.5. The SMILES string of the molecule is CC(C)Nc1nc(Nc2ccc(Cl)c(C(F)(F)F)c2)cc(-c2ccccn2)n1. The zero-order chi connectivity index (χ0) is 20.3. The van der Waals surface area contributed by atoms with Crippen molar-refractivity contribution in [3.8, 4) is 11.4 Å². The van der Waals surface area contributed by atoms with Gasteiger partial charge in [0.25, 0.3) is 0 Å². The molecular weight excluding hydrogens is 391 g/mol. The molecule has 146 valence electrons. The van der Waals surface area contributed by atoms with E-state index in [1.54, 1.807) is 24.4 Å². The van der Waals surface area contributed by atoms with Gasteiger partial charge in [-0.15, -0.1) is 0 Å². The normalized spacial score (nSPS) is 11.5. The number of alkyl halides is 3. The van der Waals surface area contributed by atoms with E-state index in [-0.39, 0.29) is 16.8 Å². The summed E-state index contributed by atoms with van der Waals surface area (Å²) in [5.41, 5.74) is 0.440. The molecule has 0 saturated carbocycles. The number of halogens is 4. The predicted molar refractivity (Wildman–Crippen MR) is 104 cm³/mol. The second-order valence-electron chi connectivity index (χ2n) is 6.29. The largest absolute Gasteiger partial charge is 0.417 e. The lowest BCUT2D eigenvalue weighted by Crippen LogP contribution is -2.13. The molecule has 2 N–H and O–H groups in total. The van der Waals surface area contributed by atoms with E-state index in [2.05, 4.69) is 25.6 Å². The second-order valence-corrected chi connectivity index (χ2v) is 6.70. The average molecular weight is 408 g/mol. The van der Waals surface area contributed by atoms with Crippen molar-refractivity contribution in [1.82, 2.24) is 15.0 Å². The molecule has 0 unspecified atom stereocenters.